The molecule has 1 aromatic heterocycles. The van der Waals surface area contributed by atoms with Crippen molar-refractivity contribution in [2.24, 2.45) is 5.73 Å². The molecule has 0 bridgehead atoms. The van der Waals surface area contributed by atoms with Crippen molar-refractivity contribution in [3.63, 3.8) is 0 Å². The Hall–Kier alpha value is -1.03. The number of amidine groups is 1. The molecule has 0 saturated carbocycles. The molecule has 0 aromatic carbocycles. The molecular formula is C6H7N3S. The van der Waals surface area contributed by atoms with Crippen LogP contribution in [-0.4, -0.2) is 10.2 Å². The molecule has 0 fully saturated rings. The van der Waals surface area contributed by atoms with Gasteiger partial charge in [0.25, 0.3) is 0 Å². The van der Waals surface area contributed by atoms with Crippen LogP contribution < -0.4 is 5.73 Å². The molecule has 0 saturated heterocycles. The van der Waals surface area contributed by atoms with Crippen molar-refractivity contribution < 1.29 is 0 Å². The number of thioether (sulfide) groups is 1. The maximum atomic E-state index is 6.93. The van der Waals surface area contributed by atoms with Crippen LogP contribution in [0.3, 0.4) is 0 Å². The van der Waals surface area contributed by atoms with Gasteiger partial charge in [0.1, 0.15) is 5.03 Å². The third-order valence-corrected chi connectivity index (χ3v) is 1.52. The molecule has 0 unspecified atom stereocenters. The first-order chi connectivity index (χ1) is 4.79. The summed E-state index contributed by atoms with van der Waals surface area (Å²) in [4.78, 5) is 3.96. The zero-order valence-corrected chi connectivity index (χ0v) is 6.06. The third kappa shape index (κ3) is 2.06. The van der Waals surface area contributed by atoms with Gasteiger partial charge in [-0.15, -0.1) is 0 Å². The molecule has 0 aliphatic rings. The fourth-order valence-electron chi connectivity index (χ4n) is 0.520. The molecule has 52 valence electrons. The SMILES string of the molecule is N=C(N)Sc1ccccn1. The van der Waals surface area contributed by atoms with E-state index in [1.807, 2.05) is 18.2 Å². The van der Waals surface area contributed by atoms with E-state index in [0.717, 1.165) is 16.8 Å². The van der Waals surface area contributed by atoms with Gasteiger partial charge >= 0.3 is 0 Å². The molecule has 4 heteroatoms. The second-order valence-electron chi connectivity index (χ2n) is 1.63. The monoisotopic (exact) mass is 153 g/mol. The Morgan fingerprint density at radius 2 is 2.40 bits per heavy atom. The molecule has 1 rings (SSSR count). The van der Waals surface area contributed by atoms with Crippen LogP contribution >= 0.6 is 11.8 Å². The molecule has 3 nitrogen and oxygen atoms in total. The van der Waals surface area contributed by atoms with E-state index in [9.17, 15) is 0 Å². The van der Waals surface area contributed by atoms with Crippen molar-refractivity contribution in [3.05, 3.63) is 24.4 Å². The van der Waals surface area contributed by atoms with E-state index in [1.54, 1.807) is 6.20 Å². The van der Waals surface area contributed by atoms with E-state index in [-0.39, 0.29) is 5.17 Å². The number of nitrogens with zero attached hydrogens (tertiary/aromatic N) is 1. The summed E-state index contributed by atoms with van der Waals surface area (Å²) in [5.41, 5.74) is 5.13. The van der Waals surface area contributed by atoms with Gasteiger partial charge in [0.15, 0.2) is 5.17 Å². The predicted octanol–water partition coefficient (Wildman–Crippen LogP) is 1.07. The minimum absolute atomic E-state index is 0.0682. The lowest BCUT2D eigenvalue weighted by Crippen LogP contribution is -2.03. The van der Waals surface area contributed by atoms with Crippen molar-refractivity contribution in [2.45, 2.75) is 5.03 Å². The predicted molar refractivity (Wildman–Crippen MR) is 42.0 cm³/mol. The number of nitrogens with one attached hydrogen (secondary N) is 1. The number of aromatic nitrogens is 1. The topological polar surface area (TPSA) is 62.8 Å². The van der Waals surface area contributed by atoms with E-state index in [1.165, 1.54) is 0 Å². The highest BCUT2D eigenvalue weighted by Gasteiger charge is 1.93. The van der Waals surface area contributed by atoms with Crippen molar-refractivity contribution >= 4 is 16.9 Å². The summed E-state index contributed by atoms with van der Waals surface area (Å²) in [6.45, 7) is 0. The Bertz CT molecular complexity index is 222. The highest BCUT2D eigenvalue weighted by Crippen LogP contribution is 2.11. The van der Waals surface area contributed by atoms with Gasteiger partial charge in [-0.2, -0.15) is 0 Å². The Kier molecular flexibility index (Phi) is 2.28. The van der Waals surface area contributed by atoms with Gasteiger partial charge in [-0.3, -0.25) is 5.41 Å². The molecule has 10 heavy (non-hydrogen) atoms. The van der Waals surface area contributed by atoms with Crippen LogP contribution in [0.25, 0.3) is 0 Å². The summed E-state index contributed by atoms with van der Waals surface area (Å²) in [7, 11) is 0. The first-order valence-corrected chi connectivity index (χ1v) is 3.53. The molecular weight excluding hydrogens is 146 g/mol. The van der Waals surface area contributed by atoms with Gasteiger partial charge in [0, 0.05) is 6.20 Å². The average Bonchev–Trinajstić information content (AvgIpc) is 1.88. The van der Waals surface area contributed by atoms with E-state index >= 15 is 0 Å². The molecule has 3 N–H and O–H groups in total. The number of pyridine rings is 1. The quantitative estimate of drug-likeness (QED) is 0.360. The van der Waals surface area contributed by atoms with Gasteiger partial charge in [-0.05, 0) is 23.9 Å². The molecule has 0 amide bonds. The van der Waals surface area contributed by atoms with Crippen molar-refractivity contribution in [2.75, 3.05) is 0 Å². The van der Waals surface area contributed by atoms with E-state index < -0.39 is 0 Å². The van der Waals surface area contributed by atoms with Crippen LogP contribution in [0.5, 0.6) is 0 Å². The maximum Gasteiger partial charge on any atom is 0.157 e. The van der Waals surface area contributed by atoms with Gasteiger partial charge in [-0.25, -0.2) is 4.98 Å². The number of hydrogen-bond donors (Lipinski definition) is 2. The fourth-order valence-corrected chi connectivity index (χ4v) is 1.01. The average molecular weight is 153 g/mol. The molecule has 0 aliphatic carbocycles. The summed E-state index contributed by atoms with van der Waals surface area (Å²) in [5, 5.41) is 7.76. The van der Waals surface area contributed by atoms with Crippen LogP contribution in [0.1, 0.15) is 0 Å². The Morgan fingerprint density at radius 3 is 2.90 bits per heavy atom. The summed E-state index contributed by atoms with van der Waals surface area (Å²) in [5.74, 6) is 0. The zero-order valence-electron chi connectivity index (χ0n) is 5.24. The van der Waals surface area contributed by atoms with Gasteiger partial charge < -0.3 is 5.73 Å². The highest BCUT2D eigenvalue weighted by molar-refractivity contribution is 8.13. The smallest absolute Gasteiger partial charge is 0.157 e. The first-order valence-electron chi connectivity index (χ1n) is 2.72. The summed E-state index contributed by atoms with van der Waals surface area (Å²) in [6.07, 6.45) is 1.67. The minimum atomic E-state index is 0.0682. The van der Waals surface area contributed by atoms with Crippen LogP contribution in [0.15, 0.2) is 29.4 Å². The third-order valence-electron chi connectivity index (χ3n) is 0.852. The van der Waals surface area contributed by atoms with Gasteiger partial charge in [-0.1, -0.05) is 6.07 Å². The highest BCUT2D eigenvalue weighted by atomic mass is 32.2. The summed E-state index contributed by atoms with van der Waals surface area (Å²) >= 11 is 1.15. The standard InChI is InChI=1S/C6H7N3S/c7-6(8)10-5-3-1-2-4-9-5/h1-4H,(H3,7,8). The van der Waals surface area contributed by atoms with Crippen LogP contribution in [-0.2, 0) is 0 Å². The molecule has 1 aromatic rings. The summed E-state index contributed by atoms with van der Waals surface area (Å²) < 4.78 is 0. The Morgan fingerprint density at radius 1 is 1.60 bits per heavy atom. The molecule has 0 atom stereocenters. The van der Waals surface area contributed by atoms with Crippen molar-refractivity contribution in [3.8, 4) is 0 Å². The van der Waals surface area contributed by atoms with Crippen molar-refractivity contribution in [1.29, 1.82) is 5.41 Å². The van der Waals surface area contributed by atoms with Gasteiger partial charge in [0.2, 0.25) is 0 Å². The van der Waals surface area contributed by atoms with Gasteiger partial charge in [0.05, 0.1) is 0 Å². The molecule has 0 aliphatic heterocycles. The number of nitrogens with two attached hydrogens (primary N) is 1. The van der Waals surface area contributed by atoms with E-state index in [4.69, 9.17) is 11.1 Å². The summed E-state index contributed by atoms with van der Waals surface area (Å²) in [6, 6.07) is 5.49. The molecule has 0 spiro atoms. The molecule has 1 heterocycles. The lowest BCUT2D eigenvalue weighted by Gasteiger charge is -1.94. The van der Waals surface area contributed by atoms with E-state index in [0.29, 0.717) is 0 Å². The van der Waals surface area contributed by atoms with Crippen LogP contribution in [0.4, 0.5) is 0 Å². The zero-order chi connectivity index (χ0) is 7.40. The maximum absolute atomic E-state index is 6.93. The van der Waals surface area contributed by atoms with Crippen LogP contribution in [0.2, 0.25) is 0 Å². The lowest BCUT2D eigenvalue weighted by molar-refractivity contribution is 1.14. The minimum Gasteiger partial charge on any atom is -0.378 e. The first kappa shape index (κ1) is 7.08. The molecule has 0 radical (unpaired) electrons. The fraction of sp³-hybridized carbons (Fsp3) is 0. The normalized spacial score (nSPS) is 9.20. The second kappa shape index (κ2) is 3.22. The largest absolute Gasteiger partial charge is 0.378 e. The number of rotatable bonds is 1. The number of hydrogen-bond acceptors (Lipinski definition) is 3. The van der Waals surface area contributed by atoms with Crippen LogP contribution in [0, 0.1) is 5.41 Å². The lowest BCUT2D eigenvalue weighted by atomic mass is 10.5. The van der Waals surface area contributed by atoms with Crippen molar-refractivity contribution in [1.82, 2.24) is 4.98 Å². The Labute approximate surface area is 63.2 Å². The Balaban J connectivity index is 2.67. The second-order valence-corrected chi connectivity index (χ2v) is 2.70. The van der Waals surface area contributed by atoms with E-state index in [2.05, 4.69) is 4.98 Å².